The van der Waals surface area contributed by atoms with Crippen LogP contribution in [-0.2, 0) is 10.8 Å². The maximum atomic E-state index is 11.3. The standard InChI is InChI=1S/C11H18N4O2S/c1-8(6-7-18(3)17)13-10-5-4-9(14-15-10)11(16)12-2/h4-5,8H,6-7H2,1-3H3,(H,12,16)(H,13,15). The van der Waals surface area contributed by atoms with E-state index in [1.54, 1.807) is 25.4 Å². The van der Waals surface area contributed by atoms with E-state index >= 15 is 0 Å². The highest BCUT2D eigenvalue weighted by Crippen LogP contribution is 2.06. The summed E-state index contributed by atoms with van der Waals surface area (Å²) in [6.45, 7) is 1.99. The molecule has 1 aromatic rings. The van der Waals surface area contributed by atoms with Gasteiger partial charge in [-0.3, -0.25) is 9.00 Å². The molecule has 1 aromatic heterocycles. The lowest BCUT2D eigenvalue weighted by atomic mass is 10.2. The maximum Gasteiger partial charge on any atom is 0.271 e. The number of hydrogen-bond donors (Lipinski definition) is 2. The second-order valence-electron chi connectivity index (χ2n) is 3.99. The van der Waals surface area contributed by atoms with Gasteiger partial charge in [-0.2, -0.15) is 0 Å². The van der Waals surface area contributed by atoms with Crippen molar-refractivity contribution in [2.24, 2.45) is 0 Å². The molecule has 0 aliphatic carbocycles. The Hall–Kier alpha value is -1.50. The van der Waals surface area contributed by atoms with Crippen molar-refractivity contribution in [3.63, 3.8) is 0 Å². The van der Waals surface area contributed by atoms with Crippen LogP contribution in [0.1, 0.15) is 23.8 Å². The minimum atomic E-state index is -0.784. The first-order valence-electron chi connectivity index (χ1n) is 5.65. The van der Waals surface area contributed by atoms with Crippen molar-refractivity contribution in [1.82, 2.24) is 15.5 Å². The highest BCUT2D eigenvalue weighted by atomic mass is 32.2. The SMILES string of the molecule is CNC(=O)c1ccc(NC(C)CCS(C)=O)nn1. The molecule has 0 spiro atoms. The van der Waals surface area contributed by atoms with Crippen molar-refractivity contribution in [2.75, 3.05) is 24.4 Å². The molecule has 1 amide bonds. The molecule has 0 bridgehead atoms. The van der Waals surface area contributed by atoms with Crippen LogP contribution in [0.2, 0.25) is 0 Å². The lowest BCUT2D eigenvalue weighted by molar-refractivity contribution is 0.0957. The number of anilines is 1. The Labute approximate surface area is 109 Å². The van der Waals surface area contributed by atoms with E-state index in [1.807, 2.05) is 6.92 Å². The minimum Gasteiger partial charge on any atom is -0.366 e. The Balaban J connectivity index is 2.53. The molecule has 0 aromatic carbocycles. The van der Waals surface area contributed by atoms with Crippen molar-refractivity contribution in [3.05, 3.63) is 17.8 Å². The first-order valence-corrected chi connectivity index (χ1v) is 7.38. The largest absolute Gasteiger partial charge is 0.366 e. The Morgan fingerprint density at radius 1 is 1.44 bits per heavy atom. The molecule has 1 rings (SSSR count). The van der Waals surface area contributed by atoms with Gasteiger partial charge < -0.3 is 10.6 Å². The van der Waals surface area contributed by atoms with E-state index in [1.165, 1.54) is 0 Å². The van der Waals surface area contributed by atoms with Gasteiger partial charge >= 0.3 is 0 Å². The molecule has 2 N–H and O–H groups in total. The van der Waals surface area contributed by atoms with Crippen molar-refractivity contribution in [3.8, 4) is 0 Å². The van der Waals surface area contributed by atoms with Crippen LogP contribution in [0.3, 0.4) is 0 Å². The third kappa shape index (κ3) is 4.79. The second kappa shape index (κ2) is 7.05. The third-order valence-corrected chi connectivity index (χ3v) is 3.17. The summed E-state index contributed by atoms with van der Waals surface area (Å²) in [4.78, 5) is 11.3. The van der Waals surface area contributed by atoms with E-state index in [9.17, 15) is 9.00 Å². The van der Waals surface area contributed by atoms with E-state index in [2.05, 4.69) is 20.8 Å². The van der Waals surface area contributed by atoms with Gasteiger partial charge in [0, 0.05) is 35.9 Å². The highest BCUT2D eigenvalue weighted by molar-refractivity contribution is 7.84. The Morgan fingerprint density at radius 3 is 2.67 bits per heavy atom. The molecule has 0 fully saturated rings. The van der Waals surface area contributed by atoms with Gasteiger partial charge in [0.05, 0.1) is 0 Å². The number of nitrogens with zero attached hydrogens (tertiary/aromatic N) is 2. The van der Waals surface area contributed by atoms with Gasteiger partial charge in [0.15, 0.2) is 5.69 Å². The monoisotopic (exact) mass is 270 g/mol. The summed E-state index contributed by atoms with van der Waals surface area (Å²) in [6.07, 6.45) is 2.48. The van der Waals surface area contributed by atoms with E-state index < -0.39 is 10.8 Å². The molecule has 2 atom stereocenters. The summed E-state index contributed by atoms with van der Waals surface area (Å²) in [7, 11) is 0.761. The molecule has 100 valence electrons. The summed E-state index contributed by atoms with van der Waals surface area (Å²) in [5.74, 6) is 0.998. The molecule has 2 unspecified atom stereocenters. The Kier molecular flexibility index (Phi) is 5.70. The molecule has 18 heavy (non-hydrogen) atoms. The summed E-state index contributed by atoms with van der Waals surface area (Å²) in [5.41, 5.74) is 0.283. The number of amides is 1. The van der Waals surface area contributed by atoms with Crippen LogP contribution in [0.25, 0.3) is 0 Å². The van der Waals surface area contributed by atoms with Crippen molar-refractivity contribution >= 4 is 22.5 Å². The van der Waals surface area contributed by atoms with Crippen LogP contribution in [-0.4, -0.2) is 45.4 Å². The zero-order valence-electron chi connectivity index (χ0n) is 10.8. The third-order valence-electron chi connectivity index (χ3n) is 2.36. The fourth-order valence-electron chi connectivity index (χ4n) is 1.33. The van der Waals surface area contributed by atoms with Gasteiger partial charge in [-0.15, -0.1) is 10.2 Å². The summed E-state index contributed by atoms with van der Waals surface area (Å²) in [6, 6.07) is 3.48. The number of rotatable bonds is 6. The van der Waals surface area contributed by atoms with E-state index in [0.717, 1.165) is 6.42 Å². The zero-order chi connectivity index (χ0) is 13.5. The average molecular weight is 270 g/mol. The molecule has 7 heteroatoms. The predicted octanol–water partition coefficient (Wildman–Crippen LogP) is 0.405. The van der Waals surface area contributed by atoms with E-state index in [4.69, 9.17) is 0 Å². The average Bonchev–Trinajstić information content (AvgIpc) is 2.36. The number of carbonyl (C=O) groups excluding carboxylic acids is 1. The molecule has 0 aliphatic heterocycles. The fourth-order valence-corrected chi connectivity index (χ4v) is 2.01. The molecule has 0 radical (unpaired) electrons. The number of hydrogen-bond acceptors (Lipinski definition) is 5. The van der Waals surface area contributed by atoms with Gasteiger partial charge in [0.2, 0.25) is 0 Å². The molecular weight excluding hydrogens is 252 g/mol. The lowest BCUT2D eigenvalue weighted by Gasteiger charge is -2.13. The van der Waals surface area contributed by atoms with Gasteiger partial charge in [-0.1, -0.05) is 0 Å². The second-order valence-corrected chi connectivity index (χ2v) is 5.55. The molecular formula is C11H18N4O2S. The Morgan fingerprint density at radius 2 is 2.17 bits per heavy atom. The summed E-state index contributed by atoms with van der Waals surface area (Å²) in [5, 5.41) is 13.4. The van der Waals surface area contributed by atoms with Crippen LogP contribution in [0.15, 0.2) is 12.1 Å². The Bertz CT molecular complexity index is 422. The van der Waals surface area contributed by atoms with Crippen LogP contribution in [0.4, 0.5) is 5.82 Å². The summed E-state index contributed by atoms with van der Waals surface area (Å²) < 4.78 is 11.0. The van der Waals surface area contributed by atoms with Gasteiger partial charge in [-0.05, 0) is 25.5 Å². The highest BCUT2D eigenvalue weighted by Gasteiger charge is 2.07. The maximum absolute atomic E-state index is 11.3. The van der Waals surface area contributed by atoms with Gasteiger partial charge in [0.1, 0.15) is 5.82 Å². The van der Waals surface area contributed by atoms with Crippen LogP contribution >= 0.6 is 0 Å². The van der Waals surface area contributed by atoms with Crippen molar-refractivity contribution in [1.29, 1.82) is 0 Å². The minimum absolute atomic E-state index is 0.161. The molecule has 1 heterocycles. The van der Waals surface area contributed by atoms with Crippen molar-refractivity contribution < 1.29 is 9.00 Å². The first kappa shape index (κ1) is 14.6. The topological polar surface area (TPSA) is 84.0 Å². The van der Waals surface area contributed by atoms with Crippen LogP contribution in [0.5, 0.6) is 0 Å². The number of aromatic nitrogens is 2. The first-order chi connectivity index (χ1) is 8.52. The van der Waals surface area contributed by atoms with Crippen LogP contribution in [0, 0.1) is 0 Å². The lowest BCUT2D eigenvalue weighted by Crippen LogP contribution is -2.21. The quantitative estimate of drug-likeness (QED) is 0.782. The van der Waals surface area contributed by atoms with Crippen molar-refractivity contribution in [2.45, 2.75) is 19.4 Å². The molecule has 0 aliphatic rings. The van der Waals surface area contributed by atoms with E-state index in [-0.39, 0.29) is 17.6 Å². The molecule has 0 saturated carbocycles. The van der Waals surface area contributed by atoms with E-state index in [0.29, 0.717) is 11.6 Å². The summed E-state index contributed by atoms with van der Waals surface area (Å²) >= 11 is 0. The molecule has 6 nitrogen and oxygen atoms in total. The normalized spacial score (nSPS) is 13.7. The van der Waals surface area contributed by atoms with Gasteiger partial charge in [-0.25, -0.2) is 0 Å². The fraction of sp³-hybridized carbons (Fsp3) is 0.545. The predicted molar refractivity (Wildman–Crippen MR) is 72.1 cm³/mol. The number of nitrogens with one attached hydrogen (secondary N) is 2. The number of carbonyl (C=O) groups is 1. The van der Waals surface area contributed by atoms with Gasteiger partial charge in [0.25, 0.3) is 5.91 Å². The van der Waals surface area contributed by atoms with Crippen LogP contribution < -0.4 is 10.6 Å². The molecule has 0 saturated heterocycles. The zero-order valence-corrected chi connectivity index (χ0v) is 11.6. The smallest absolute Gasteiger partial charge is 0.271 e.